The molecular weight excluding hydrogens is 314 g/mol. The van der Waals surface area contributed by atoms with Gasteiger partial charge in [0.25, 0.3) is 0 Å². The largest absolute Gasteiger partial charge is 0.508 e. The number of amides is 1. The van der Waals surface area contributed by atoms with Crippen LogP contribution < -0.4 is 16.2 Å². The molecule has 0 aliphatic carbocycles. The third-order valence-corrected chi connectivity index (χ3v) is 4.22. The van der Waals surface area contributed by atoms with Gasteiger partial charge in [0, 0.05) is 16.3 Å². The molecule has 0 aromatic heterocycles. The number of carbonyl (C=O) groups is 1. The number of benzene rings is 2. The van der Waals surface area contributed by atoms with Gasteiger partial charge in [-0.2, -0.15) is 0 Å². The van der Waals surface area contributed by atoms with E-state index in [1.807, 2.05) is 25.1 Å². The summed E-state index contributed by atoms with van der Waals surface area (Å²) in [6.07, 6.45) is 0.545. The number of phenols is 1. The molecule has 3 rings (SSSR count). The van der Waals surface area contributed by atoms with Crippen LogP contribution in [0.2, 0.25) is 5.02 Å². The summed E-state index contributed by atoms with van der Waals surface area (Å²) in [6, 6.07) is 12.0. The van der Waals surface area contributed by atoms with Crippen LogP contribution in [-0.4, -0.2) is 17.1 Å². The van der Waals surface area contributed by atoms with Gasteiger partial charge < -0.3 is 10.4 Å². The average molecular weight is 332 g/mol. The fourth-order valence-electron chi connectivity index (χ4n) is 2.66. The van der Waals surface area contributed by atoms with Gasteiger partial charge in [0.05, 0.1) is 6.04 Å². The number of nitrogens with one attached hydrogen (secondary N) is 3. The van der Waals surface area contributed by atoms with Gasteiger partial charge in [-0.15, -0.1) is 0 Å². The van der Waals surface area contributed by atoms with Crippen molar-refractivity contribution < 1.29 is 9.90 Å². The molecule has 0 bridgehead atoms. The Balaban J connectivity index is 1.68. The quantitative estimate of drug-likeness (QED) is 0.698. The Labute approximate surface area is 139 Å². The molecule has 1 saturated heterocycles. The summed E-state index contributed by atoms with van der Waals surface area (Å²) in [5.74, 6) is 0.0827. The Bertz CT molecular complexity index is 736. The summed E-state index contributed by atoms with van der Waals surface area (Å²) in [7, 11) is 0. The standard InChI is InChI=1S/C17H18ClN3O2/c1-10-6-7-11(18)8-13(10)19-17(23)15-9-14(20-21-15)12-4-2-3-5-16(12)22/h2-8,14-15,20-22H,9H2,1H3,(H,19,23). The van der Waals surface area contributed by atoms with Crippen LogP contribution in [0.5, 0.6) is 5.75 Å². The maximum absolute atomic E-state index is 12.4. The number of aryl methyl sites for hydroxylation is 1. The van der Waals surface area contributed by atoms with Crippen LogP contribution in [0.3, 0.4) is 0 Å². The molecule has 1 heterocycles. The molecular formula is C17H18ClN3O2. The first-order valence-electron chi connectivity index (χ1n) is 7.40. The minimum Gasteiger partial charge on any atom is -0.508 e. The Morgan fingerprint density at radius 1 is 1.26 bits per heavy atom. The lowest BCUT2D eigenvalue weighted by Crippen LogP contribution is -2.39. The van der Waals surface area contributed by atoms with Gasteiger partial charge in [-0.1, -0.05) is 35.9 Å². The van der Waals surface area contributed by atoms with E-state index in [2.05, 4.69) is 16.2 Å². The number of hydrogen-bond donors (Lipinski definition) is 4. The van der Waals surface area contributed by atoms with Crippen molar-refractivity contribution in [3.63, 3.8) is 0 Å². The van der Waals surface area contributed by atoms with Gasteiger partial charge in [0.1, 0.15) is 11.8 Å². The van der Waals surface area contributed by atoms with Crippen molar-refractivity contribution in [1.29, 1.82) is 0 Å². The SMILES string of the molecule is Cc1ccc(Cl)cc1NC(=O)C1CC(c2ccccc2O)NN1. The van der Waals surface area contributed by atoms with Crippen molar-refractivity contribution in [3.8, 4) is 5.75 Å². The van der Waals surface area contributed by atoms with E-state index in [9.17, 15) is 9.90 Å². The number of hydrogen-bond acceptors (Lipinski definition) is 4. The second kappa shape index (κ2) is 6.58. The molecule has 1 fully saturated rings. The van der Waals surface area contributed by atoms with Crippen molar-refractivity contribution in [2.45, 2.75) is 25.4 Å². The van der Waals surface area contributed by atoms with Gasteiger partial charge in [-0.25, -0.2) is 10.9 Å². The van der Waals surface area contributed by atoms with E-state index in [1.54, 1.807) is 24.3 Å². The van der Waals surface area contributed by atoms with Crippen LogP contribution in [0, 0.1) is 6.92 Å². The lowest BCUT2D eigenvalue weighted by molar-refractivity contribution is -0.117. The number of carbonyl (C=O) groups excluding carboxylic acids is 1. The van der Waals surface area contributed by atoms with Gasteiger partial charge >= 0.3 is 0 Å². The highest BCUT2D eigenvalue weighted by molar-refractivity contribution is 6.31. The minimum absolute atomic E-state index is 0.118. The van der Waals surface area contributed by atoms with Crippen LogP contribution in [-0.2, 0) is 4.79 Å². The van der Waals surface area contributed by atoms with E-state index >= 15 is 0 Å². The number of hydrazine groups is 1. The first kappa shape index (κ1) is 15.8. The second-order valence-corrected chi connectivity index (χ2v) is 6.07. The molecule has 5 nitrogen and oxygen atoms in total. The number of aromatic hydroxyl groups is 1. The van der Waals surface area contributed by atoms with Crippen LogP contribution in [0.4, 0.5) is 5.69 Å². The van der Waals surface area contributed by atoms with E-state index in [0.29, 0.717) is 17.1 Å². The monoisotopic (exact) mass is 331 g/mol. The molecule has 2 atom stereocenters. The molecule has 23 heavy (non-hydrogen) atoms. The summed E-state index contributed by atoms with van der Waals surface area (Å²) in [4.78, 5) is 12.4. The average Bonchev–Trinajstić information content (AvgIpc) is 3.01. The molecule has 0 radical (unpaired) electrons. The van der Waals surface area contributed by atoms with Crippen molar-refractivity contribution in [2.24, 2.45) is 0 Å². The van der Waals surface area contributed by atoms with Gasteiger partial charge in [0.15, 0.2) is 0 Å². The van der Waals surface area contributed by atoms with Crippen LogP contribution in [0.1, 0.15) is 23.6 Å². The minimum atomic E-state index is -0.391. The topological polar surface area (TPSA) is 73.4 Å². The van der Waals surface area contributed by atoms with Gasteiger partial charge in [-0.3, -0.25) is 4.79 Å². The van der Waals surface area contributed by atoms with Gasteiger partial charge in [-0.05, 0) is 37.1 Å². The third-order valence-electron chi connectivity index (χ3n) is 3.99. The van der Waals surface area contributed by atoms with Crippen molar-refractivity contribution >= 4 is 23.2 Å². The van der Waals surface area contributed by atoms with E-state index < -0.39 is 6.04 Å². The van der Waals surface area contributed by atoms with Crippen molar-refractivity contribution in [2.75, 3.05) is 5.32 Å². The predicted octanol–water partition coefficient (Wildman–Crippen LogP) is 2.90. The van der Waals surface area contributed by atoms with E-state index in [0.717, 1.165) is 11.1 Å². The second-order valence-electron chi connectivity index (χ2n) is 5.64. The number of para-hydroxylation sites is 1. The summed E-state index contributed by atoms with van der Waals surface area (Å²) in [5.41, 5.74) is 8.47. The fourth-order valence-corrected chi connectivity index (χ4v) is 2.84. The zero-order chi connectivity index (χ0) is 16.4. The lowest BCUT2D eigenvalue weighted by atomic mass is 10.0. The Morgan fingerprint density at radius 2 is 2.04 bits per heavy atom. The highest BCUT2D eigenvalue weighted by atomic mass is 35.5. The van der Waals surface area contributed by atoms with E-state index in [1.165, 1.54) is 0 Å². The molecule has 6 heteroatoms. The Morgan fingerprint density at radius 3 is 2.83 bits per heavy atom. The molecule has 1 amide bonds. The Hall–Kier alpha value is -2.08. The zero-order valence-corrected chi connectivity index (χ0v) is 13.4. The molecule has 2 aromatic carbocycles. The van der Waals surface area contributed by atoms with Crippen LogP contribution >= 0.6 is 11.6 Å². The van der Waals surface area contributed by atoms with E-state index in [-0.39, 0.29) is 17.7 Å². The molecule has 120 valence electrons. The van der Waals surface area contributed by atoms with E-state index in [4.69, 9.17) is 11.6 Å². The normalized spacial score (nSPS) is 20.4. The smallest absolute Gasteiger partial charge is 0.242 e. The highest BCUT2D eigenvalue weighted by Gasteiger charge is 2.31. The third kappa shape index (κ3) is 3.47. The van der Waals surface area contributed by atoms with Gasteiger partial charge in [0.2, 0.25) is 5.91 Å². The first-order chi connectivity index (χ1) is 11.0. The Kier molecular flexibility index (Phi) is 4.52. The van der Waals surface area contributed by atoms with Crippen molar-refractivity contribution in [1.82, 2.24) is 10.9 Å². The summed E-state index contributed by atoms with van der Waals surface area (Å²) in [5, 5.41) is 13.4. The molecule has 1 aliphatic rings. The first-order valence-corrected chi connectivity index (χ1v) is 7.78. The van der Waals surface area contributed by atoms with Crippen LogP contribution in [0.25, 0.3) is 0 Å². The number of rotatable bonds is 3. The molecule has 1 aliphatic heterocycles. The maximum atomic E-state index is 12.4. The summed E-state index contributed by atoms with van der Waals surface area (Å²) < 4.78 is 0. The number of halogens is 1. The van der Waals surface area contributed by atoms with Crippen molar-refractivity contribution in [3.05, 3.63) is 58.6 Å². The zero-order valence-electron chi connectivity index (χ0n) is 12.6. The molecule has 0 spiro atoms. The molecule has 2 aromatic rings. The number of anilines is 1. The lowest BCUT2D eigenvalue weighted by Gasteiger charge is -2.13. The molecule has 4 N–H and O–H groups in total. The van der Waals surface area contributed by atoms with Crippen LogP contribution in [0.15, 0.2) is 42.5 Å². The summed E-state index contributed by atoms with van der Waals surface area (Å²) in [6.45, 7) is 1.91. The summed E-state index contributed by atoms with van der Waals surface area (Å²) >= 11 is 5.97. The highest BCUT2D eigenvalue weighted by Crippen LogP contribution is 2.29. The molecule has 0 saturated carbocycles. The maximum Gasteiger partial charge on any atom is 0.242 e. The molecule has 2 unspecified atom stereocenters. The predicted molar refractivity (Wildman–Crippen MR) is 90.3 cm³/mol. The number of phenolic OH excluding ortho intramolecular Hbond substituents is 1. The fraction of sp³-hybridized carbons (Fsp3) is 0.235.